The molecule has 1 aliphatic carbocycles. The Morgan fingerprint density at radius 1 is 1.37 bits per heavy atom. The maximum Gasteiger partial charge on any atom is 0.435 e. The lowest BCUT2D eigenvalue weighted by molar-refractivity contribution is -0.149. The molecule has 1 saturated carbocycles. The third-order valence-corrected chi connectivity index (χ3v) is 4.53. The summed E-state index contributed by atoms with van der Waals surface area (Å²) >= 11 is 0. The van der Waals surface area contributed by atoms with Crippen molar-refractivity contribution in [1.82, 2.24) is 20.4 Å². The smallest absolute Gasteiger partial charge is 0.435 e. The molecule has 1 aromatic rings. The molecule has 0 bridgehead atoms. The SMILES string of the molecule is CCOC(=O)C1CCC(NC(=NC)NCc2cn(C)nc2C(F)(F)F)CC1. The summed E-state index contributed by atoms with van der Waals surface area (Å²) in [6.45, 7) is 2.12. The Kier molecular flexibility index (Phi) is 7.09. The van der Waals surface area contributed by atoms with Gasteiger partial charge in [-0.2, -0.15) is 18.3 Å². The summed E-state index contributed by atoms with van der Waals surface area (Å²) in [6, 6.07) is 0.109. The van der Waals surface area contributed by atoms with Gasteiger partial charge in [0.1, 0.15) is 0 Å². The molecule has 0 radical (unpaired) electrons. The van der Waals surface area contributed by atoms with Crippen molar-refractivity contribution in [2.45, 2.75) is 51.4 Å². The van der Waals surface area contributed by atoms with Gasteiger partial charge in [0.05, 0.1) is 12.5 Å². The molecule has 0 saturated heterocycles. The predicted octanol–water partition coefficient (Wildman–Crippen LogP) is 2.23. The number of alkyl halides is 3. The Morgan fingerprint density at radius 2 is 2.04 bits per heavy atom. The molecule has 2 rings (SSSR count). The molecule has 1 fully saturated rings. The fourth-order valence-corrected chi connectivity index (χ4v) is 3.21. The second-order valence-electron chi connectivity index (χ2n) is 6.55. The van der Waals surface area contributed by atoms with Crippen LogP contribution in [0.2, 0.25) is 0 Å². The number of rotatable bonds is 5. The van der Waals surface area contributed by atoms with Crippen LogP contribution in [0.3, 0.4) is 0 Å². The standard InChI is InChI=1S/C17H26F3N5O2/c1-4-27-15(26)11-5-7-13(8-6-11)23-16(21-2)22-9-12-10-25(3)24-14(12)17(18,19)20/h10-11,13H,4-9H2,1-3H3,(H2,21,22,23). The topological polar surface area (TPSA) is 80.5 Å². The van der Waals surface area contributed by atoms with Crippen molar-refractivity contribution in [1.29, 1.82) is 0 Å². The van der Waals surface area contributed by atoms with E-state index in [1.54, 1.807) is 14.0 Å². The van der Waals surface area contributed by atoms with E-state index in [-0.39, 0.29) is 30.0 Å². The molecule has 0 amide bonds. The first kappa shape index (κ1) is 21.0. The van der Waals surface area contributed by atoms with Gasteiger partial charge in [-0.1, -0.05) is 0 Å². The van der Waals surface area contributed by atoms with Crippen LogP contribution < -0.4 is 10.6 Å². The average molecular weight is 389 g/mol. The van der Waals surface area contributed by atoms with Gasteiger partial charge < -0.3 is 15.4 Å². The summed E-state index contributed by atoms with van der Waals surface area (Å²) in [6.07, 6.45) is -0.188. The Labute approximate surface area is 156 Å². The average Bonchev–Trinajstić information content (AvgIpc) is 3.00. The Bertz CT molecular complexity index is 664. The second kappa shape index (κ2) is 9.09. The number of esters is 1. The second-order valence-corrected chi connectivity index (χ2v) is 6.55. The molecule has 1 heterocycles. The molecule has 1 aliphatic rings. The van der Waals surface area contributed by atoms with Gasteiger partial charge in [0.15, 0.2) is 11.7 Å². The van der Waals surface area contributed by atoms with Crippen molar-refractivity contribution in [3.63, 3.8) is 0 Å². The van der Waals surface area contributed by atoms with E-state index in [1.807, 2.05) is 0 Å². The van der Waals surface area contributed by atoms with Crippen molar-refractivity contribution in [3.8, 4) is 0 Å². The summed E-state index contributed by atoms with van der Waals surface area (Å²) in [4.78, 5) is 15.9. The van der Waals surface area contributed by atoms with Gasteiger partial charge in [0.25, 0.3) is 0 Å². The minimum absolute atomic E-state index is 0.0411. The number of ether oxygens (including phenoxy) is 1. The van der Waals surface area contributed by atoms with Crippen molar-refractivity contribution in [3.05, 3.63) is 17.5 Å². The maximum absolute atomic E-state index is 13.0. The lowest BCUT2D eigenvalue weighted by Crippen LogP contribution is -2.45. The third-order valence-electron chi connectivity index (χ3n) is 4.53. The molecular weight excluding hydrogens is 363 g/mol. The van der Waals surface area contributed by atoms with E-state index in [0.717, 1.165) is 17.5 Å². The molecule has 0 aromatic carbocycles. The van der Waals surface area contributed by atoms with Gasteiger partial charge >= 0.3 is 12.1 Å². The van der Waals surface area contributed by atoms with Gasteiger partial charge in [-0.05, 0) is 32.6 Å². The minimum Gasteiger partial charge on any atom is -0.466 e. The molecule has 27 heavy (non-hydrogen) atoms. The van der Waals surface area contributed by atoms with E-state index in [9.17, 15) is 18.0 Å². The van der Waals surface area contributed by atoms with Crippen LogP contribution in [0.25, 0.3) is 0 Å². The van der Waals surface area contributed by atoms with Crippen molar-refractivity contribution >= 4 is 11.9 Å². The first-order valence-electron chi connectivity index (χ1n) is 8.98. The van der Waals surface area contributed by atoms with E-state index in [0.29, 0.717) is 25.4 Å². The molecule has 2 N–H and O–H groups in total. The first-order chi connectivity index (χ1) is 12.7. The van der Waals surface area contributed by atoms with Crippen LogP contribution in [-0.4, -0.2) is 41.4 Å². The van der Waals surface area contributed by atoms with E-state index >= 15 is 0 Å². The molecule has 0 aliphatic heterocycles. The summed E-state index contributed by atoms with van der Waals surface area (Å²) in [7, 11) is 3.02. The van der Waals surface area contributed by atoms with E-state index < -0.39 is 11.9 Å². The molecule has 7 nitrogen and oxygen atoms in total. The quantitative estimate of drug-likeness (QED) is 0.459. The number of nitrogens with one attached hydrogen (secondary N) is 2. The third kappa shape index (κ3) is 5.86. The van der Waals surface area contributed by atoms with Crippen LogP contribution >= 0.6 is 0 Å². The van der Waals surface area contributed by atoms with Gasteiger partial charge in [-0.3, -0.25) is 14.5 Å². The van der Waals surface area contributed by atoms with E-state index in [4.69, 9.17) is 4.74 Å². The van der Waals surface area contributed by atoms with Crippen molar-refractivity contribution < 1.29 is 22.7 Å². The van der Waals surface area contributed by atoms with Crippen LogP contribution in [0.4, 0.5) is 13.2 Å². The highest BCUT2D eigenvalue weighted by Gasteiger charge is 2.36. The molecule has 1 aromatic heterocycles. The number of nitrogens with zero attached hydrogens (tertiary/aromatic N) is 3. The maximum atomic E-state index is 13.0. The van der Waals surface area contributed by atoms with Crippen LogP contribution in [0.1, 0.15) is 43.9 Å². The van der Waals surface area contributed by atoms with Gasteiger partial charge in [-0.25, -0.2) is 0 Å². The highest BCUT2D eigenvalue weighted by molar-refractivity contribution is 5.80. The molecule has 0 unspecified atom stereocenters. The van der Waals surface area contributed by atoms with Crippen LogP contribution in [0.5, 0.6) is 0 Å². The number of aromatic nitrogens is 2. The zero-order valence-corrected chi connectivity index (χ0v) is 15.8. The predicted molar refractivity (Wildman–Crippen MR) is 93.9 cm³/mol. The van der Waals surface area contributed by atoms with Gasteiger partial charge in [0.2, 0.25) is 0 Å². The number of halogens is 3. The molecule has 0 atom stereocenters. The molecule has 152 valence electrons. The van der Waals surface area contributed by atoms with Crippen molar-refractivity contribution in [2.24, 2.45) is 18.0 Å². The molecule has 0 spiro atoms. The van der Waals surface area contributed by atoms with Crippen molar-refractivity contribution in [2.75, 3.05) is 13.7 Å². The molecule has 10 heteroatoms. The van der Waals surface area contributed by atoms with Crippen LogP contribution in [0, 0.1) is 5.92 Å². The highest BCUT2D eigenvalue weighted by atomic mass is 19.4. The summed E-state index contributed by atoms with van der Waals surface area (Å²) in [5.41, 5.74) is -0.845. The van der Waals surface area contributed by atoms with E-state index in [1.165, 1.54) is 13.2 Å². The number of guanidine groups is 1. The lowest BCUT2D eigenvalue weighted by atomic mass is 9.86. The minimum atomic E-state index is -4.50. The van der Waals surface area contributed by atoms with Gasteiger partial charge in [-0.15, -0.1) is 0 Å². The first-order valence-corrected chi connectivity index (χ1v) is 8.98. The Balaban J connectivity index is 1.87. The monoisotopic (exact) mass is 389 g/mol. The summed E-state index contributed by atoms with van der Waals surface area (Å²) < 4.78 is 45.2. The summed E-state index contributed by atoms with van der Waals surface area (Å²) in [5.74, 6) is 0.184. The zero-order valence-electron chi connectivity index (χ0n) is 15.8. The van der Waals surface area contributed by atoms with Crippen LogP contribution in [-0.2, 0) is 29.3 Å². The fraction of sp³-hybridized carbons (Fsp3) is 0.706. The van der Waals surface area contributed by atoms with E-state index in [2.05, 4.69) is 20.7 Å². The Morgan fingerprint density at radius 3 is 2.59 bits per heavy atom. The summed E-state index contributed by atoms with van der Waals surface area (Å²) in [5, 5.41) is 9.61. The van der Waals surface area contributed by atoms with Gasteiger partial charge in [0, 0.05) is 38.4 Å². The number of carbonyl (C=O) groups is 1. The zero-order chi connectivity index (χ0) is 20.0. The van der Waals surface area contributed by atoms with Crippen LogP contribution in [0.15, 0.2) is 11.2 Å². The Hall–Kier alpha value is -2.26. The number of hydrogen-bond donors (Lipinski definition) is 2. The fourth-order valence-electron chi connectivity index (χ4n) is 3.21. The highest BCUT2D eigenvalue weighted by Crippen LogP contribution is 2.30. The number of carbonyl (C=O) groups excluding carboxylic acids is 1. The normalized spacial score (nSPS) is 21.0. The number of aliphatic imine (C=N–C) groups is 1. The largest absolute Gasteiger partial charge is 0.466 e. The number of aryl methyl sites for hydroxylation is 1. The lowest BCUT2D eigenvalue weighted by Gasteiger charge is -2.29. The molecular formula is C17H26F3N5O2. The number of hydrogen-bond acceptors (Lipinski definition) is 4.